The summed E-state index contributed by atoms with van der Waals surface area (Å²) >= 11 is 0. The topological polar surface area (TPSA) is 12.0 Å². The van der Waals surface area contributed by atoms with Gasteiger partial charge in [0.25, 0.3) is 0 Å². The summed E-state index contributed by atoms with van der Waals surface area (Å²) in [6.07, 6.45) is 0.930. The van der Waals surface area contributed by atoms with Gasteiger partial charge < -0.3 is 5.32 Å². The maximum atomic E-state index is 13.0. The van der Waals surface area contributed by atoms with Gasteiger partial charge in [0.05, 0.1) is 5.56 Å². The van der Waals surface area contributed by atoms with Crippen molar-refractivity contribution in [3.63, 3.8) is 0 Å². The summed E-state index contributed by atoms with van der Waals surface area (Å²) in [5.74, 6) is -0.853. The number of benzene rings is 1. The molecular weight excluding hydrogens is 258 g/mol. The third kappa shape index (κ3) is 3.93. The van der Waals surface area contributed by atoms with Gasteiger partial charge in [0.1, 0.15) is 5.82 Å². The first kappa shape index (κ1) is 14.3. The Hall–Kier alpha value is -1.10. The lowest BCUT2D eigenvalue weighted by Crippen LogP contribution is -2.31. The minimum Gasteiger partial charge on any atom is -0.310 e. The zero-order chi connectivity index (χ0) is 13.9. The van der Waals surface area contributed by atoms with Gasteiger partial charge in [-0.1, -0.05) is 25.3 Å². The quantitative estimate of drug-likeness (QED) is 0.812. The maximum absolute atomic E-state index is 13.0. The molecule has 2 rings (SSSR count). The van der Waals surface area contributed by atoms with E-state index in [0.29, 0.717) is 6.07 Å². The van der Waals surface area contributed by atoms with Crippen molar-refractivity contribution < 1.29 is 17.6 Å². The number of halogens is 4. The van der Waals surface area contributed by atoms with E-state index in [1.807, 2.05) is 0 Å². The van der Waals surface area contributed by atoms with Crippen molar-refractivity contribution in [2.24, 2.45) is 0 Å². The fourth-order valence-corrected chi connectivity index (χ4v) is 2.53. The molecule has 0 aromatic heterocycles. The zero-order valence-electron chi connectivity index (χ0n) is 10.6. The molecule has 1 fully saturated rings. The molecule has 0 atom stereocenters. The first-order valence-corrected chi connectivity index (χ1v) is 6.56. The van der Waals surface area contributed by atoms with Crippen molar-refractivity contribution in [2.75, 3.05) is 0 Å². The molecule has 1 aliphatic carbocycles. The Morgan fingerprint density at radius 2 is 1.79 bits per heavy atom. The van der Waals surface area contributed by atoms with Crippen LogP contribution in [-0.4, -0.2) is 6.04 Å². The van der Waals surface area contributed by atoms with Gasteiger partial charge in [0.2, 0.25) is 0 Å². The van der Waals surface area contributed by atoms with E-state index in [0.717, 1.165) is 31.7 Å². The molecular formula is C14H17F4N. The van der Waals surface area contributed by atoms with Gasteiger partial charge in [0.15, 0.2) is 0 Å². The van der Waals surface area contributed by atoms with Crippen LogP contribution in [0.4, 0.5) is 17.6 Å². The average Bonchev–Trinajstić information content (AvgIpc) is 2.37. The van der Waals surface area contributed by atoms with Gasteiger partial charge in [-0.3, -0.25) is 0 Å². The van der Waals surface area contributed by atoms with E-state index >= 15 is 0 Å². The third-order valence-electron chi connectivity index (χ3n) is 3.56. The van der Waals surface area contributed by atoms with E-state index < -0.39 is 17.6 Å². The van der Waals surface area contributed by atoms with Crippen LogP contribution in [0.2, 0.25) is 0 Å². The molecule has 1 nitrogen and oxygen atoms in total. The van der Waals surface area contributed by atoms with Crippen LogP contribution in [0.25, 0.3) is 0 Å². The number of alkyl halides is 3. The summed E-state index contributed by atoms with van der Waals surface area (Å²) in [6.45, 7) is 0.139. The highest BCUT2D eigenvalue weighted by Crippen LogP contribution is 2.32. The highest BCUT2D eigenvalue weighted by atomic mass is 19.4. The summed E-state index contributed by atoms with van der Waals surface area (Å²) in [6, 6.07) is 3.14. The van der Waals surface area contributed by atoms with Crippen LogP contribution in [-0.2, 0) is 12.7 Å². The highest BCUT2D eigenvalue weighted by Gasteiger charge is 2.33. The minimum atomic E-state index is -4.51. The molecule has 1 aromatic carbocycles. The summed E-state index contributed by atoms with van der Waals surface area (Å²) in [7, 11) is 0. The van der Waals surface area contributed by atoms with Gasteiger partial charge in [-0.05, 0) is 30.5 Å². The molecule has 1 N–H and O–H groups in total. The molecule has 0 spiro atoms. The van der Waals surface area contributed by atoms with Crippen LogP contribution in [0.1, 0.15) is 43.2 Å². The highest BCUT2D eigenvalue weighted by molar-refractivity contribution is 5.30. The largest absolute Gasteiger partial charge is 0.416 e. The van der Waals surface area contributed by atoms with Crippen molar-refractivity contribution in [3.8, 4) is 0 Å². The second-order valence-corrected chi connectivity index (χ2v) is 5.02. The summed E-state index contributed by atoms with van der Waals surface area (Å²) < 4.78 is 51.4. The first-order chi connectivity index (χ1) is 8.97. The molecule has 1 saturated carbocycles. The van der Waals surface area contributed by atoms with E-state index in [9.17, 15) is 17.6 Å². The second kappa shape index (κ2) is 5.90. The number of rotatable bonds is 3. The Morgan fingerprint density at radius 3 is 2.42 bits per heavy atom. The van der Waals surface area contributed by atoms with Gasteiger partial charge in [-0.25, -0.2) is 4.39 Å². The van der Waals surface area contributed by atoms with E-state index in [4.69, 9.17) is 0 Å². The van der Waals surface area contributed by atoms with Crippen LogP contribution in [0.5, 0.6) is 0 Å². The van der Waals surface area contributed by atoms with Crippen LogP contribution >= 0.6 is 0 Å². The van der Waals surface area contributed by atoms with Crippen molar-refractivity contribution in [3.05, 3.63) is 35.1 Å². The SMILES string of the molecule is Fc1ccc(CNC2CCCCC2)c(C(F)(F)F)c1. The fraction of sp³-hybridized carbons (Fsp3) is 0.571. The molecule has 19 heavy (non-hydrogen) atoms. The molecule has 0 saturated heterocycles. The number of hydrogen-bond acceptors (Lipinski definition) is 1. The molecule has 0 aliphatic heterocycles. The fourth-order valence-electron chi connectivity index (χ4n) is 2.53. The lowest BCUT2D eigenvalue weighted by Gasteiger charge is -2.23. The predicted octanol–water partition coefficient (Wildman–Crippen LogP) is 4.27. The predicted molar refractivity (Wildman–Crippen MR) is 65.1 cm³/mol. The summed E-state index contributed by atoms with van der Waals surface area (Å²) in [5, 5.41) is 3.15. The van der Waals surface area contributed by atoms with Crippen molar-refractivity contribution >= 4 is 0 Å². The lowest BCUT2D eigenvalue weighted by molar-refractivity contribution is -0.138. The van der Waals surface area contributed by atoms with Crippen molar-refractivity contribution in [1.82, 2.24) is 5.32 Å². The average molecular weight is 275 g/mol. The summed E-state index contributed by atoms with van der Waals surface area (Å²) in [4.78, 5) is 0. The second-order valence-electron chi connectivity index (χ2n) is 5.02. The maximum Gasteiger partial charge on any atom is 0.416 e. The molecule has 0 heterocycles. The van der Waals surface area contributed by atoms with Crippen molar-refractivity contribution in [2.45, 2.75) is 50.9 Å². The number of nitrogens with one attached hydrogen (secondary N) is 1. The van der Waals surface area contributed by atoms with Gasteiger partial charge >= 0.3 is 6.18 Å². The van der Waals surface area contributed by atoms with Crippen LogP contribution in [0.15, 0.2) is 18.2 Å². The molecule has 0 unspecified atom stereocenters. The van der Waals surface area contributed by atoms with Gasteiger partial charge in [0, 0.05) is 12.6 Å². The van der Waals surface area contributed by atoms with Crippen LogP contribution < -0.4 is 5.32 Å². The minimum absolute atomic E-state index is 0.111. The monoisotopic (exact) mass is 275 g/mol. The Bertz CT molecular complexity index is 422. The van der Waals surface area contributed by atoms with Crippen molar-refractivity contribution in [1.29, 1.82) is 0 Å². The molecule has 0 bridgehead atoms. The smallest absolute Gasteiger partial charge is 0.310 e. The summed E-state index contributed by atoms with van der Waals surface area (Å²) in [5.41, 5.74) is -0.768. The first-order valence-electron chi connectivity index (χ1n) is 6.56. The molecule has 0 amide bonds. The van der Waals surface area contributed by atoms with E-state index in [1.165, 1.54) is 12.5 Å². The Balaban J connectivity index is 2.06. The Kier molecular flexibility index (Phi) is 4.45. The van der Waals surface area contributed by atoms with E-state index in [2.05, 4.69) is 5.32 Å². The number of hydrogen-bond donors (Lipinski definition) is 1. The molecule has 1 aromatic rings. The molecule has 106 valence electrons. The third-order valence-corrected chi connectivity index (χ3v) is 3.56. The lowest BCUT2D eigenvalue weighted by atomic mass is 9.95. The Labute approximate surface area is 110 Å². The van der Waals surface area contributed by atoms with E-state index in [-0.39, 0.29) is 18.2 Å². The molecule has 0 radical (unpaired) electrons. The van der Waals surface area contributed by atoms with E-state index in [1.54, 1.807) is 0 Å². The molecule has 1 aliphatic rings. The standard InChI is InChI=1S/C14H17F4N/c15-11-7-6-10(13(8-11)14(16,17)18)9-19-12-4-2-1-3-5-12/h6-8,12,19H,1-5,9H2. The zero-order valence-corrected chi connectivity index (χ0v) is 10.6. The Morgan fingerprint density at radius 1 is 1.11 bits per heavy atom. The molecule has 5 heteroatoms. The van der Waals surface area contributed by atoms with Gasteiger partial charge in [-0.15, -0.1) is 0 Å². The normalized spacial score (nSPS) is 17.7. The van der Waals surface area contributed by atoms with Crippen LogP contribution in [0, 0.1) is 5.82 Å². The van der Waals surface area contributed by atoms with Gasteiger partial charge in [-0.2, -0.15) is 13.2 Å². The van der Waals surface area contributed by atoms with Crippen LogP contribution in [0.3, 0.4) is 0 Å².